The molecular weight excluding hydrogens is 392 g/mol. The Bertz CT molecular complexity index is 1040. The second-order valence-corrected chi connectivity index (χ2v) is 8.29. The van der Waals surface area contributed by atoms with E-state index < -0.39 is 0 Å². The first-order valence-electron chi connectivity index (χ1n) is 9.40. The molecule has 28 heavy (non-hydrogen) atoms. The maximum Gasteiger partial charge on any atom is 0.216 e. The third-order valence-corrected chi connectivity index (χ3v) is 6.19. The molecule has 0 radical (unpaired) electrons. The number of aromatic amines is 1. The van der Waals surface area contributed by atoms with E-state index in [2.05, 4.69) is 32.3 Å². The van der Waals surface area contributed by atoms with Gasteiger partial charge in [0, 0.05) is 24.6 Å². The third-order valence-electron chi connectivity index (χ3n) is 4.88. The van der Waals surface area contributed by atoms with E-state index in [0.717, 1.165) is 66.2 Å². The number of hydrogen-bond acceptors (Lipinski definition) is 7. The predicted octanol–water partition coefficient (Wildman–Crippen LogP) is 3.66. The lowest BCUT2D eigenvalue weighted by Crippen LogP contribution is -2.36. The molecule has 1 saturated carbocycles. The summed E-state index contributed by atoms with van der Waals surface area (Å²) in [5.74, 6) is 1.38. The zero-order chi connectivity index (χ0) is 18.9. The quantitative estimate of drug-likeness (QED) is 0.511. The molecule has 0 unspecified atom stereocenters. The maximum atomic E-state index is 5.48. The van der Waals surface area contributed by atoms with Gasteiger partial charge < -0.3 is 9.64 Å². The number of hydrogen-bond donors (Lipinski definition) is 1. The molecule has 0 spiro atoms. The molecule has 2 fully saturated rings. The van der Waals surface area contributed by atoms with Crippen molar-refractivity contribution in [2.75, 3.05) is 31.2 Å². The minimum absolute atomic E-state index is 0.462. The van der Waals surface area contributed by atoms with Crippen molar-refractivity contribution in [1.82, 2.24) is 19.9 Å². The van der Waals surface area contributed by atoms with Crippen LogP contribution in [0.1, 0.15) is 29.5 Å². The summed E-state index contributed by atoms with van der Waals surface area (Å²) in [6.07, 6.45) is 4.15. The van der Waals surface area contributed by atoms with Crippen LogP contribution in [0.25, 0.3) is 11.3 Å². The molecule has 0 bridgehead atoms. The predicted molar refractivity (Wildman–Crippen MR) is 113 cm³/mol. The first-order valence-corrected chi connectivity index (χ1v) is 10.6. The molecule has 1 aromatic carbocycles. The molecule has 0 atom stereocenters. The Labute approximate surface area is 171 Å². The Hall–Kier alpha value is -2.36. The van der Waals surface area contributed by atoms with Crippen molar-refractivity contribution in [1.29, 1.82) is 0 Å². The van der Waals surface area contributed by atoms with E-state index in [9.17, 15) is 0 Å². The largest absolute Gasteiger partial charge is 0.378 e. The highest BCUT2D eigenvalue weighted by molar-refractivity contribution is 7.71. The number of nitrogens with one attached hydrogen (secondary N) is 1. The van der Waals surface area contributed by atoms with Gasteiger partial charge >= 0.3 is 0 Å². The molecule has 1 aliphatic carbocycles. The van der Waals surface area contributed by atoms with Gasteiger partial charge in [0.1, 0.15) is 0 Å². The van der Waals surface area contributed by atoms with Gasteiger partial charge in [-0.3, -0.25) is 5.10 Å². The van der Waals surface area contributed by atoms with E-state index in [1.165, 1.54) is 0 Å². The van der Waals surface area contributed by atoms with Crippen molar-refractivity contribution < 1.29 is 4.74 Å². The van der Waals surface area contributed by atoms with Crippen LogP contribution >= 0.6 is 23.6 Å². The molecule has 5 rings (SSSR count). The van der Waals surface area contributed by atoms with Crippen molar-refractivity contribution in [2.24, 2.45) is 5.10 Å². The van der Waals surface area contributed by atoms with Crippen LogP contribution in [0, 0.1) is 4.77 Å². The van der Waals surface area contributed by atoms with Gasteiger partial charge in [0.25, 0.3) is 0 Å². The van der Waals surface area contributed by atoms with E-state index in [1.807, 2.05) is 24.4 Å². The Kier molecular flexibility index (Phi) is 4.79. The van der Waals surface area contributed by atoms with Crippen LogP contribution in [0.3, 0.4) is 0 Å². The van der Waals surface area contributed by atoms with Gasteiger partial charge in [-0.25, -0.2) is 4.98 Å². The normalized spacial score (nSPS) is 17.5. The van der Waals surface area contributed by atoms with Crippen LogP contribution in [0.5, 0.6) is 0 Å². The molecule has 7 nitrogen and oxygen atoms in total. The smallest absolute Gasteiger partial charge is 0.216 e. The van der Waals surface area contributed by atoms with E-state index in [1.54, 1.807) is 16.0 Å². The van der Waals surface area contributed by atoms with Crippen LogP contribution in [0.4, 0.5) is 5.13 Å². The van der Waals surface area contributed by atoms with E-state index in [0.29, 0.717) is 10.7 Å². The lowest BCUT2D eigenvalue weighted by molar-refractivity contribution is 0.122. The second-order valence-electron chi connectivity index (χ2n) is 6.89. The molecule has 1 aliphatic heterocycles. The zero-order valence-corrected chi connectivity index (χ0v) is 16.9. The van der Waals surface area contributed by atoms with Crippen LogP contribution in [0.2, 0.25) is 0 Å². The lowest BCUT2D eigenvalue weighted by atomic mass is 10.1. The van der Waals surface area contributed by atoms with Gasteiger partial charge in [-0.05, 0) is 25.1 Å². The highest BCUT2D eigenvalue weighted by atomic mass is 32.1. The molecule has 9 heteroatoms. The van der Waals surface area contributed by atoms with Gasteiger partial charge in [-0.15, -0.1) is 0 Å². The Balaban J connectivity index is 1.53. The average molecular weight is 413 g/mol. The number of benzene rings is 1. The summed E-state index contributed by atoms with van der Waals surface area (Å²) in [4.78, 5) is 8.22. The highest BCUT2D eigenvalue weighted by Crippen LogP contribution is 2.39. The number of anilines is 1. The topological polar surface area (TPSA) is 71.3 Å². The summed E-state index contributed by atoms with van der Waals surface area (Å²) in [6.45, 7) is 3.19. The second kappa shape index (κ2) is 7.57. The number of H-pyrrole nitrogens is 1. The summed E-state index contributed by atoms with van der Waals surface area (Å²) >= 11 is 7.02. The fourth-order valence-electron chi connectivity index (χ4n) is 3.23. The summed E-state index contributed by atoms with van der Waals surface area (Å²) in [7, 11) is 0. The number of thiazole rings is 1. The number of morpholine rings is 1. The number of rotatable bonds is 5. The molecule has 3 aromatic rings. The van der Waals surface area contributed by atoms with Crippen LogP contribution in [-0.4, -0.2) is 52.4 Å². The minimum atomic E-state index is 0.462. The number of aromatic nitrogens is 4. The van der Waals surface area contributed by atoms with Gasteiger partial charge in [-0.1, -0.05) is 41.7 Å². The standard InChI is InChI=1S/C19H20N6OS2/c27-18-23-22-17(14-6-7-14)25(18)20-12-15-16(13-4-2-1-3-5-13)21-19(28-15)24-8-10-26-11-9-24/h1-5,12,14H,6-11H2,(H,23,27)/b20-12-. The van der Waals surface area contributed by atoms with Crippen molar-refractivity contribution in [3.8, 4) is 11.3 Å². The third kappa shape index (κ3) is 3.52. The Morgan fingerprint density at radius 1 is 1.21 bits per heavy atom. The van der Waals surface area contributed by atoms with Crippen molar-refractivity contribution in [3.05, 3.63) is 45.8 Å². The fourth-order valence-corrected chi connectivity index (χ4v) is 4.42. The zero-order valence-electron chi connectivity index (χ0n) is 15.2. The Morgan fingerprint density at radius 3 is 2.75 bits per heavy atom. The van der Waals surface area contributed by atoms with Crippen molar-refractivity contribution >= 4 is 34.9 Å². The van der Waals surface area contributed by atoms with Crippen molar-refractivity contribution in [2.45, 2.75) is 18.8 Å². The first-order chi connectivity index (χ1) is 13.8. The van der Waals surface area contributed by atoms with Crippen LogP contribution in [-0.2, 0) is 4.74 Å². The summed E-state index contributed by atoms with van der Waals surface area (Å²) in [5.41, 5.74) is 2.02. The van der Waals surface area contributed by atoms with Gasteiger partial charge in [0.15, 0.2) is 11.0 Å². The van der Waals surface area contributed by atoms with Crippen LogP contribution in [0.15, 0.2) is 35.4 Å². The van der Waals surface area contributed by atoms with Crippen LogP contribution < -0.4 is 4.90 Å². The monoisotopic (exact) mass is 412 g/mol. The number of nitrogens with zero attached hydrogens (tertiary/aromatic N) is 5. The average Bonchev–Trinajstić information content (AvgIpc) is 3.39. The molecular formula is C19H20N6OS2. The SMILES string of the molecule is S=c1[nH]nc(C2CC2)n1/N=C\c1sc(N2CCOCC2)nc1-c1ccccc1. The summed E-state index contributed by atoms with van der Waals surface area (Å²) < 4.78 is 7.75. The molecule has 0 amide bonds. The highest BCUT2D eigenvalue weighted by Gasteiger charge is 2.29. The maximum absolute atomic E-state index is 5.48. The summed E-state index contributed by atoms with van der Waals surface area (Å²) in [6, 6.07) is 10.2. The van der Waals surface area contributed by atoms with Crippen molar-refractivity contribution in [3.63, 3.8) is 0 Å². The van der Waals surface area contributed by atoms with Gasteiger partial charge in [-0.2, -0.15) is 14.9 Å². The number of ether oxygens (including phenoxy) is 1. The van der Waals surface area contributed by atoms with E-state index >= 15 is 0 Å². The Morgan fingerprint density at radius 2 is 2.00 bits per heavy atom. The van der Waals surface area contributed by atoms with Gasteiger partial charge in [0.05, 0.1) is 30.0 Å². The first kappa shape index (κ1) is 17.7. The molecule has 1 N–H and O–H groups in total. The molecule has 2 aromatic heterocycles. The van der Waals surface area contributed by atoms with Gasteiger partial charge in [0.2, 0.25) is 4.77 Å². The molecule has 144 valence electrons. The summed E-state index contributed by atoms with van der Waals surface area (Å²) in [5, 5.41) is 12.9. The molecule has 1 saturated heterocycles. The fraction of sp³-hybridized carbons (Fsp3) is 0.368. The van der Waals surface area contributed by atoms with E-state index in [4.69, 9.17) is 21.9 Å². The van der Waals surface area contributed by atoms with E-state index in [-0.39, 0.29) is 0 Å². The molecule has 2 aliphatic rings. The molecule has 3 heterocycles. The lowest BCUT2D eigenvalue weighted by Gasteiger charge is -2.26. The minimum Gasteiger partial charge on any atom is -0.378 e.